The first-order chi connectivity index (χ1) is 11.7. The second kappa shape index (κ2) is 7.85. The van der Waals surface area contributed by atoms with E-state index in [0.29, 0.717) is 25.4 Å². The topological polar surface area (TPSA) is 55.3 Å². The lowest BCUT2D eigenvalue weighted by Gasteiger charge is -2.27. The lowest BCUT2D eigenvalue weighted by molar-refractivity contribution is 0.102. The molecule has 24 heavy (non-hydrogen) atoms. The molecule has 0 atom stereocenters. The van der Waals surface area contributed by atoms with E-state index in [1.807, 2.05) is 37.4 Å². The number of hydrogen-bond acceptors (Lipinski definition) is 5. The highest BCUT2D eigenvalue weighted by Crippen LogP contribution is 2.24. The predicted molar refractivity (Wildman–Crippen MR) is 94.2 cm³/mol. The number of carbonyl (C=O) groups excluding carboxylic acids is 1. The van der Waals surface area contributed by atoms with Crippen LogP contribution in [-0.4, -0.2) is 34.1 Å². The van der Waals surface area contributed by atoms with E-state index in [0.717, 1.165) is 33.4 Å². The van der Waals surface area contributed by atoms with Crippen molar-refractivity contribution in [2.24, 2.45) is 0 Å². The van der Waals surface area contributed by atoms with E-state index >= 15 is 0 Å². The van der Waals surface area contributed by atoms with E-state index in [2.05, 4.69) is 9.97 Å². The van der Waals surface area contributed by atoms with E-state index < -0.39 is 0 Å². The molecule has 3 rings (SSSR count). The van der Waals surface area contributed by atoms with Gasteiger partial charge in [0, 0.05) is 34.6 Å². The molecule has 0 unspecified atom stereocenters. The van der Waals surface area contributed by atoms with Gasteiger partial charge in [-0.1, -0.05) is 11.6 Å². The Labute approximate surface area is 150 Å². The fraction of sp³-hybridized carbons (Fsp3) is 0.353. The van der Waals surface area contributed by atoms with Gasteiger partial charge in [-0.3, -0.25) is 0 Å². The van der Waals surface area contributed by atoms with Crippen LogP contribution in [0, 0.1) is 0 Å². The largest absolute Gasteiger partial charge is 0.450 e. The van der Waals surface area contributed by atoms with Crippen LogP contribution in [-0.2, 0) is 23.5 Å². The minimum Gasteiger partial charge on any atom is -0.450 e. The predicted octanol–water partition coefficient (Wildman–Crippen LogP) is 3.94. The first-order valence-electron chi connectivity index (χ1n) is 7.79. The third-order valence-electron chi connectivity index (χ3n) is 3.69. The minimum absolute atomic E-state index is 0.273. The highest BCUT2D eigenvalue weighted by molar-refractivity contribution is 7.98. The van der Waals surface area contributed by atoms with E-state index in [9.17, 15) is 4.79 Å². The monoisotopic (exact) mass is 363 g/mol. The fourth-order valence-electron chi connectivity index (χ4n) is 2.48. The molecule has 0 saturated carbocycles. The van der Waals surface area contributed by atoms with Crippen molar-refractivity contribution in [3.63, 3.8) is 0 Å². The van der Waals surface area contributed by atoms with Crippen LogP contribution in [0.1, 0.15) is 24.0 Å². The maximum Gasteiger partial charge on any atom is 0.410 e. The summed E-state index contributed by atoms with van der Waals surface area (Å²) >= 11 is 7.57. The van der Waals surface area contributed by atoms with E-state index in [4.69, 9.17) is 16.3 Å². The third-order valence-corrected chi connectivity index (χ3v) is 4.95. The van der Waals surface area contributed by atoms with Gasteiger partial charge in [0.15, 0.2) is 0 Å². The number of fused-ring (bicyclic) bond motifs is 1. The number of aromatic nitrogens is 2. The quantitative estimate of drug-likeness (QED) is 0.770. The first-order valence-corrected chi connectivity index (χ1v) is 9.16. The van der Waals surface area contributed by atoms with Crippen LogP contribution >= 0.6 is 23.4 Å². The highest BCUT2D eigenvalue weighted by atomic mass is 35.5. The summed E-state index contributed by atoms with van der Waals surface area (Å²) in [5.74, 6) is 1.51. The Morgan fingerprint density at radius 1 is 1.38 bits per heavy atom. The summed E-state index contributed by atoms with van der Waals surface area (Å²) in [5.41, 5.74) is 2.02. The molecule has 7 heteroatoms. The van der Waals surface area contributed by atoms with Crippen molar-refractivity contribution < 1.29 is 9.53 Å². The Kier molecular flexibility index (Phi) is 5.58. The van der Waals surface area contributed by atoms with Crippen LogP contribution in [0.25, 0.3) is 0 Å². The molecule has 0 bridgehead atoms. The molecule has 1 aromatic carbocycles. The average Bonchev–Trinajstić information content (AvgIpc) is 2.61. The molecule has 1 aliphatic rings. The molecule has 5 nitrogen and oxygen atoms in total. The lowest BCUT2D eigenvalue weighted by Crippen LogP contribution is -2.37. The molecule has 126 valence electrons. The van der Waals surface area contributed by atoms with Crippen molar-refractivity contribution in [2.45, 2.75) is 30.5 Å². The van der Waals surface area contributed by atoms with Crippen LogP contribution < -0.4 is 0 Å². The number of halogens is 1. The highest BCUT2D eigenvalue weighted by Gasteiger charge is 2.23. The molecular weight excluding hydrogens is 346 g/mol. The van der Waals surface area contributed by atoms with Gasteiger partial charge in [-0.15, -0.1) is 11.8 Å². The molecule has 0 spiro atoms. The Morgan fingerprint density at radius 2 is 2.17 bits per heavy atom. The Morgan fingerprint density at radius 3 is 2.92 bits per heavy atom. The van der Waals surface area contributed by atoms with E-state index in [-0.39, 0.29) is 6.09 Å². The number of ether oxygens (including phenoxy) is 1. The zero-order chi connectivity index (χ0) is 16.9. The van der Waals surface area contributed by atoms with Crippen LogP contribution in [0.3, 0.4) is 0 Å². The van der Waals surface area contributed by atoms with Gasteiger partial charge in [-0.05, 0) is 31.2 Å². The zero-order valence-electron chi connectivity index (χ0n) is 13.4. The summed E-state index contributed by atoms with van der Waals surface area (Å²) < 4.78 is 5.05. The molecule has 1 aromatic heterocycles. The number of carbonyl (C=O) groups is 1. The van der Waals surface area contributed by atoms with Gasteiger partial charge in [0.25, 0.3) is 0 Å². The third kappa shape index (κ3) is 4.19. The van der Waals surface area contributed by atoms with Crippen LogP contribution in [0.4, 0.5) is 4.79 Å². The van der Waals surface area contributed by atoms with Gasteiger partial charge in [0.1, 0.15) is 5.82 Å². The molecule has 1 amide bonds. The maximum atomic E-state index is 11.8. The summed E-state index contributed by atoms with van der Waals surface area (Å²) in [4.78, 5) is 23.7. The molecular formula is C17H18ClN3O2S. The Hall–Kier alpha value is -1.79. The first kappa shape index (κ1) is 17.0. The molecule has 2 heterocycles. The van der Waals surface area contributed by atoms with Gasteiger partial charge in [0.2, 0.25) is 0 Å². The van der Waals surface area contributed by atoms with Gasteiger partial charge < -0.3 is 9.64 Å². The summed E-state index contributed by atoms with van der Waals surface area (Å²) in [5, 5.41) is 0.732. The number of hydrogen-bond donors (Lipinski definition) is 0. The normalized spacial score (nSPS) is 13.5. The second-order valence-corrected chi connectivity index (χ2v) is 6.86. The van der Waals surface area contributed by atoms with Gasteiger partial charge >= 0.3 is 6.09 Å². The molecule has 0 N–H and O–H groups in total. The summed E-state index contributed by atoms with van der Waals surface area (Å²) in [7, 11) is 0. The summed E-state index contributed by atoms with van der Waals surface area (Å²) in [6, 6.07) is 7.73. The molecule has 0 aliphatic carbocycles. The van der Waals surface area contributed by atoms with Crippen LogP contribution in [0.5, 0.6) is 0 Å². The van der Waals surface area contributed by atoms with Gasteiger partial charge in [0.05, 0.1) is 24.6 Å². The molecule has 0 fully saturated rings. The van der Waals surface area contributed by atoms with Crippen molar-refractivity contribution in [1.82, 2.24) is 14.9 Å². The summed E-state index contributed by atoms with van der Waals surface area (Å²) in [6.07, 6.45) is 2.28. The van der Waals surface area contributed by atoms with Crippen molar-refractivity contribution in [3.8, 4) is 0 Å². The van der Waals surface area contributed by atoms with Crippen molar-refractivity contribution >= 4 is 29.5 Å². The number of benzene rings is 1. The second-order valence-electron chi connectivity index (χ2n) is 5.37. The van der Waals surface area contributed by atoms with Crippen molar-refractivity contribution in [2.75, 3.05) is 13.2 Å². The SMILES string of the molecule is CCOC(=O)N1CCc2nc(CSc3ccc(Cl)cc3)ncc2C1. The van der Waals surface area contributed by atoms with Crippen LogP contribution in [0.15, 0.2) is 35.4 Å². The number of thioether (sulfide) groups is 1. The van der Waals surface area contributed by atoms with E-state index in [1.54, 1.807) is 16.7 Å². The number of amides is 1. The lowest BCUT2D eigenvalue weighted by atomic mass is 10.1. The van der Waals surface area contributed by atoms with Crippen LogP contribution in [0.2, 0.25) is 5.02 Å². The van der Waals surface area contributed by atoms with Crippen molar-refractivity contribution in [3.05, 3.63) is 52.6 Å². The molecule has 1 aliphatic heterocycles. The Bertz CT molecular complexity index is 724. The minimum atomic E-state index is -0.273. The zero-order valence-corrected chi connectivity index (χ0v) is 14.9. The van der Waals surface area contributed by atoms with Gasteiger partial charge in [-0.2, -0.15) is 0 Å². The maximum absolute atomic E-state index is 11.8. The number of rotatable bonds is 4. The molecule has 0 radical (unpaired) electrons. The number of nitrogens with zero attached hydrogens (tertiary/aromatic N) is 3. The average molecular weight is 364 g/mol. The fourth-order valence-corrected chi connectivity index (χ4v) is 3.37. The Balaban J connectivity index is 1.62. The summed E-state index contributed by atoms with van der Waals surface area (Å²) in [6.45, 7) is 3.34. The van der Waals surface area contributed by atoms with E-state index in [1.165, 1.54) is 0 Å². The molecule has 2 aromatic rings. The molecule has 0 saturated heterocycles. The van der Waals surface area contributed by atoms with Crippen molar-refractivity contribution in [1.29, 1.82) is 0 Å². The smallest absolute Gasteiger partial charge is 0.410 e. The standard InChI is InChI=1S/C17H18ClN3O2S/c1-2-23-17(22)21-8-7-15-12(10-21)9-19-16(20-15)11-24-14-5-3-13(18)4-6-14/h3-6,9H,2,7-8,10-11H2,1H3. The van der Waals surface area contributed by atoms with Gasteiger partial charge in [-0.25, -0.2) is 14.8 Å².